The number of aryl methyl sites for hydroxylation is 1. The number of hydrazine groups is 1. The van der Waals surface area contributed by atoms with Crippen LogP contribution in [0.25, 0.3) is 0 Å². The first-order valence-electron chi connectivity index (χ1n) is 6.41. The summed E-state index contributed by atoms with van der Waals surface area (Å²) < 4.78 is 13.3. The maximum Gasteiger partial charge on any atom is 0.126 e. The first kappa shape index (κ1) is 11.2. The fourth-order valence-corrected chi connectivity index (χ4v) is 3.40. The number of rotatable bonds is 3. The zero-order chi connectivity index (χ0) is 12.0. The Morgan fingerprint density at radius 2 is 2.00 bits per heavy atom. The Morgan fingerprint density at radius 1 is 1.29 bits per heavy atom. The Bertz CT molecular complexity index is 422. The van der Waals surface area contributed by atoms with Crippen molar-refractivity contribution in [3.05, 3.63) is 35.1 Å². The van der Waals surface area contributed by atoms with Crippen LogP contribution in [0, 0.1) is 30.5 Å². The number of fused-ring (bicyclic) bond motifs is 1. The van der Waals surface area contributed by atoms with E-state index in [-0.39, 0.29) is 11.9 Å². The summed E-state index contributed by atoms with van der Waals surface area (Å²) >= 11 is 0. The van der Waals surface area contributed by atoms with Crippen LogP contribution in [0.5, 0.6) is 0 Å². The van der Waals surface area contributed by atoms with Crippen molar-refractivity contribution in [2.75, 3.05) is 0 Å². The van der Waals surface area contributed by atoms with E-state index in [1.165, 1.54) is 19.3 Å². The molecule has 1 aromatic rings. The van der Waals surface area contributed by atoms with Crippen LogP contribution < -0.4 is 11.3 Å². The number of benzene rings is 1. The Labute approximate surface area is 101 Å². The van der Waals surface area contributed by atoms with Gasteiger partial charge >= 0.3 is 0 Å². The molecule has 0 spiro atoms. The lowest BCUT2D eigenvalue weighted by Crippen LogP contribution is -2.33. The maximum atomic E-state index is 13.3. The minimum absolute atomic E-state index is 0.140. The van der Waals surface area contributed by atoms with Crippen molar-refractivity contribution in [1.82, 2.24) is 5.43 Å². The minimum Gasteiger partial charge on any atom is -0.271 e. The molecular formula is C14H19FN2. The maximum absolute atomic E-state index is 13.3. The van der Waals surface area contributed by atoms with E-state index in [4.69, 9.17) is 5.84 Å². The number of halogens is 1. The predicted octanol–water partition coefficient (Wildman–Crippen LogP) is 2.68. The van der Waals surface area contributed by atoms with Gasteiger partial charge in [-0.2, -0.15) is 0 Å². The molecule has 0 radical (unpaired) electrons. The Morgan fingerprint density at radius 3 is 2.59 bits per heavy atom. The average Bonchev–Trinajstić information content (AvgIpc) is 2.92. The van der Waals surface area contributed by atoms with Gasteiger partial charge in [-0.05, 0) is 61.1 Å². The molecule has 0 aromatic heterocycles. The van der Waals surface area contributed by atoms with Crippen molar-refractivity contribution >= 4 is 0 Å². The van der Waals surface area contributed by atoms with E-state index < -0.39 is 0 Å². The smallest absolute Gasteiger partial charge is 0.126 e. The van der Waals surface area contributed by atoms with Crippen LogP contribution in [-0.2, 0) is 0 Å². The molecule has 3 unspecified atom stereocenters. The van der Waals surface area contributed by atoms with Crippen LogP contribution in [0.1, 0.15) is 36.4 Å². The van der Waals surface area contributed by atoms with Crippen molar-refractivity contribution in [2.45, 2.75) is 32.2 Å². The third-order valence-electron chi connectivity index (χ3n) is 4.47. The lowest BCUT2D eigenvalue weighted by Gasteiger charge is -2.24. The molecule has 2 aliphatic rings. The molecule has 0 saturated heterocycles. The number of nitrogens with two attached hydrogens (primary N) is 1. The number of hydrogen-bond donors (Lipinski definition) is 2. The average molecular weight is 234 g/mol. The van der Waals surface area contributed by atoms with E-state index in [1.54, 1.807) is 13.0 Å². The minimum atomic E-state index is -0.140. The third-order valence-corrected chi connectivity index (χ3v) is 4.47. The summed E-state index contributed by atoms with van der Waals surface area (Å²) in [7, 11) is 0. The van der Waals surface area contributed by atoms with Crippen LogP contribution in [0.2, 0.25) is 0 Å². The third kappa shape index (κ3) is 1.98. The lowest BCUT2D eigenvalue weighted by atomic mass is 9.89. The molecule has 0 bridgehead atoms. The van der Waals surface area contributed by atoms with Gasteiger partial charge in [-0.1, -0.05) is 12.1 Å². The highest BCUT2D eigenvalue weighted by molar-refractivity contribution is 5.27. The first-order chi connectivity index (χ1) is 8.19. The highest BCUT2D eigenvalue weighted by atomic mass is 19.1. The topological polar surface area (TPSA) is 38.0 Å². The molecule has 0 heterocycles. The van der Waals surface area contributed by atoms with Gasteiger partial charge in [0.15, 0.2) is 0 Å². The summed E-state index contributed by atoms with van der Waals surface area (Å²) in [5.74, 6) is 8.05. The van der Waals surface area contributed by atoms with Crippen LogP contribution in [0.4, 0.5) is 4.39 Å². The quantitative estimate of drug-likeness (QED) is 0.623. The Hall–Kier alpha value is -0.930. The highest BCUT2D eigenvalue weighted by Crippen LogP contribution is 2.57. The largest absolute Gasteiger partial charge is 0.271 e. The molecule has 3 atom stereocenters. The van der Waals surface area contributed by atoms with Gasteiger partial charge in [-0.25, -0.2) is 4.39 Å². The molecule has 2 saturated carbocycles. The van der Waals surface area contributed by atoms with E-state index in [9.17, 15) is 4.39 Å². The number of hydrogen-bond acceptors (Lipinski definition) is 2. The van der Waals surface area contributed by atoms with Gasteiger partial charge < -0.3 is 0 Å². The molecule has 2 fully saturated rings. The first-order valence-corrected chi connectivity index (χ1v) is 6.41. The molecule has 1 aromatic carbocycles. The van der Waals surface area contributed by atoms with E-state index in [0.29, 0.717) is 11.5 Å². The fourth-order valence-electron chi connectivity index (χ4n) is 3.40. The standard InChI is InChI=1S/C14H19FN2/c1-8-4-9(2-3-13(8)15)14(17-16)12-6-10-5-11(10)7-12/h2-4,10-12,14,17H,5-7,16H2,1H3. The van der Waals surface area contributed by atoms with Gasteiger partial charge in [0.05, 0.1) is 0 Å². The summed E-state index contributed by atoms with van der Waals surface area (Å²) in [5, 5.41) is 0. The summed E-state index contributed by atoms with van der Waals surface area (Å²) in [5.41, 5.74) is 4.75. The van der Waals surface area contributed by atoms with Crippen molar-refractivity contribution in [3.63, 3.8) is 0 Å². The van der Waals surface area contributed by atoms with Crippen molar-refractivity contribution < 1.29 is 4.39 Å². The second-order valence-corrected chi connectivity index (χ2v) is 5.64. The van der Waals surface area contributed by atoms with Crippen LogP contribution >= 0.6 is 0 Å². The van der Waals surface area contributed by atoms with Gasteiger partial charge in [0.2, 0.25) is 0 Å². The molecule has 3 N–H and O–H groups in total. The van der Waals surface area contributed by atoms with Gasteiger partial charge in [0, 0.05) is 6.04 Å². The van der Waals surface area contributed by atoms with E-state index >= 15 is 0 Å². The van der Waals surface area contributed by atoms with Gasteiger partial charge in [0.1, 0.15) is 5.82 Å². The van der Waals surface area contributed by atoms with Gasteiger partial charge in [-0.3, -0.25) is 11.3 Å². The summed E-state index contributed by atoms with van der Waals surface area (Å²) in [6, 6.07) is 5.51. The van der Waals surface area contributed by atoms with Crippen LogP contribution in [-0.4, -0.2) is 0 Å². The number of nitrogens with one attached hydrogen (secondary N) is 1. The van der Waals surface area contributed by atoms with Crippen molar-refractivity contribution in [1.29, 1.82) is 0 Å². The van der Waals surface area contributed by atoms with E-state index in [2.05, 4.69) is 5.43 Å². The zero-order valence-electron chi connectivity index (χ0n) is 10.1. The van der Waals surface area contributed by atoms with Crippen molar-refractivity contribution in [3.8, 4) is 0 Å². The van der Waals surface area contributed by atoms with Crippen LogP contribution in [0.3, 0.4) is 0 Å². The molecule has 3 heteroatoms. The zero-order valence-corrected chi connectivity index (χ0v) is 10.1. The molecule has 0 aliphatic heterocycles. The molecule has 17 heavy (non-hydrogen) atoms. The van der Waals surface area contributed by atoms with Crippen LogP contribution in [0.15, 0.2) is 18.2 Å². The summed E-state index contributed by atoms with van der Waals surface area (Å²) in [6.07, 6.45) is 3.96. The second kappa shape index (κ2) is 4.07. The molecular weight excluding hydrogens is 215 g/mol. The second-order valence-electron chi connectivity index (χ2n) is 5.64. The summed E-state index contributed by atoms with van der Waals surface area (Å²) in [6.45, 7) is 1.80. The molecule has 92 valence electrons. The summed E-state index contributed by atoms with van der Waals surface area (Å²) in [4.78, 5) is 0. The van der Waals surface area contributed by atoms with Gasteiger partial charge in [-0.15, -0.1) is 0 Å². The Balaban J connectivity index is 1.81. The highest BCUT2D eigenvalue weighted by Gasteiger charge is 2.47. The fraction of sp³-hybridized carbons (Fsp3) is 0.571. The molecule has 2 nitrogen and oxygen atoms in total. The normalized spacial score (nSPS) is 32.3. The molecule has 0 amide bonds. The Kier molecular flexibility index (Phi) is 2.68. The van der Waals surface area contributed by atoms with Gasteiger partial charge in [0.25, 0.3) is 0 Å². The molecule has 3 rings (SSSR count). The van der Waals surface area contributed by atoms with E-state index in [1.807, 2.05) is 12.1 Å². The molecule has 2 aliphatic carbocycles. The van der Waals surface area contributed by atoms with Crippen molar-refractivity contribution in [2.24, 2.45) is 23.6 Å². The lowest BCUT2D eigenvalue weighted by molar-refractivity contribution is 0.345. The van der Waals surface area contributed by atoms with E-state index in [0.717, 1.165) is 17.4 Å². The SMILES string of the molecule is Cc1cc(C(NN)C2CC3CC3C2)ccc1F. The predicted molar refractivity (Wildman–Crippen MR) is 65.5 cm³/mol. The monoisotopic (exact) mass is 234 g/mol.